The van der Waals surface area contributed by atoms with E-state index in [9.17, 15) is 4.79 Å². The summed E-state index contributed by atoms with van der Waals surface area (Å²) in [6.07, 6.45) is 2.95. The van der Waals surface area contributed by atoms with Crippen LogP contribution in [-0.2, 0) is 9.53 Å². The number of likely N-dealkylation sites (tertiary alicyclic amines) is 1. The van der Waals surface area contributed by atoms with Crippen LogP contribution >= 0.6 is 11.8 Å². The third kappa shape index (κ3) is 3.27. The van der Waals surface area contributed by atoms with Gasteiger partial charge in [0.25, 0.3) is 0 Å². The Morgan fingerprint density at radius 1 is 1.19 bits per heavy atom. The highest BCUT2D eigenvalue weighted by Crippen LogP contribution is 2.34. The van der Waals surface area contributed by atoms with Gasteiger partial charge in [0.2, 0.25) is 5.91 Å². The highest BCUT2D eigenvalue weighted by atomic mass is 32.2. The van der Waals surface area contributed by atoms with Gasteiger partial charge in [0, 0.05) is 30.7 Å². The molecule has 3 rings (SSSR count). The summed E-state index contributed by atoms with van der Waals surface area (Å²) in [5, 5.41) is 0.0911. The molecule has 0 spiro atoms. The summed E-state index contributed by atoms with van der Waals surface area (Å²) in [5.74, 6) is 0.327. The van der Waals surface area contributed by atoms with E-state index in [2.05, 4.69) is 36.9 Å². The molecule has 0 aromatic heterocycles. The SMILES string of the molecule is Cc1ccc(C)c(SC2CCN(C3CCOCC3)C2=O)c1. The molecule has 2 fully saturated rings. The maximum Gasteiger partial charge on any atom is 0.236 e. The topological polar surface area (TPSA) is 29.5 Å². The molecule has 1 amide bonds. The molecule has 0 bridgehead atoms. The fourth-order valence-corrected chi connectivity index (χ4v) is 4.41. The van der Waals surface area contributed by atoms with E-state index in [1.807, 2.05) is 0 Å². The first-order valence-electron chi connectivity index (χ1n) is 7.77. The number of hydrogen-bond donors (Lipinski definition) is 0. The molecule has 0 radical (unpaired) electrons. The second-order valence-corrected chi connectivity index (χ2v) is 7.28. The molecule has 2 aliphatic rings. The van der Waals surface area contributed by atoms with Crippen molar-refractivity contribution in [3.8, 4) is 0 Å². The number of nitrogens with zero attached hydrogens (tertiary/aromatic N) is 1. The molecule has 2 heterocycles. The highest BCUT2D eigenvalue weighted by Gasteiger charge is 2.37. The van der Waals surface area contributed by atoms with Crippen LogP contribution in [0.5, 0.6) is 0 Å². The number of thioether (sulfide) groups is 1. The first kappa shape index (κ1) is 14.9. The molecule has 1 atom stereocenters. The minimum absolute atomic E-state index is 0.0911. The van der Waals surface area contributed by atoms with Crippen molar-refractivity contribution in [3.05, 3.63) is 29.3 Å². The standard InChI is InChI=1S/C17H23NO2S/c1-12-3-4-13(2)16(11-12)21-15-5-8-18(17(15)19)14-6-9-20-10-7-14/h3-4,11,14-15H,5-10H2,1-2H3. The fraction of sp³-hybridized carbons (Fsp3) is 0.588. The number of rotatable bonds is 3. The maximum atomic E-state index is 12.7. The van der Waals surface area contributed by atoms with Gasteiger partial charge in [-0.15, -0.1) is 11.8 Å². The molecular formula is C17H23NO2S. The zero-order valence-corrected chi connectivity index (χ0v) is 13.6. The van der Waals surface area contributed by atoms with Crippen LogP contribution in [0, 0.1) is 13.8 Å². The lowest BCUT2D eigenvalue weighted by atomic mass is 10.1. The number of benzene rings is 1. The summed E-state index contributed by atoms with van der Waals surface area (Å²) < 4.78 is 5.40. The normalized spacial score (nSPS) is 23.8. The summed E-state index contributed by atoms with van der Waals surface area (Å²) >= 11 is 1.75. The Hall–Kier alpha value is -1.00. The molecule has 2 aliphatic heterocycles. The lowest BCUT2D eigenvalue weighted by Gasteiger charge is -2.31. The Morgan fingerprint density at radius 3 is 2.71 bits per heavy atom. The summed E-state index contributed by atoms with van der Waals surface area (Å²) in [7, 11) is 0. The predicted octanol–water partition coefficient (Wildman–Crippen LogP) is 3.18. The van der Waals surface area contributed by atoms with Gasteiger partial charge in [-0.2, -0.15) is 0 Å². The van der Waals surface area contributed by atoms with E-state index in [1.54, 1.807) is 11.8 Å². The number of carbonyl (C=O) groups excluding carboxylic acids is 1. The minimum Gasteiger partial charge on any atom is -0.381 e. The molecule has 21 heavy (non-hydrogen) atoms. The third-order valence-electron chi connectivity index (χ3n) is 4.44. The molecule has 1 aromatic rings. The quantitative estimate of drug-likeness (QED) is 0.859. The fourth-order valence-electron chi connectivity index (χ4n) is 3.13. The number of hydrogen-bond acceptors (Lipinski definition) is 3. The minimum atomic E-state index is 0.0911. The van der Waals surface area contributed by atoms with Crippen molar-refractivity contribution in [3.63, 3.8) is 0 Å². The Kier molecular flexibility index (Phi) is 4.55. The predicted molar refractivity (Wildman–Crippen MR) is 85.7 cm³/mol. The second-order valence-electron chi connectivity index (χ2n) is 6.04. The van der Waals surface area contributed by atoms with Crippen LogP contribution in [0.4, 0.5) is 0 Å². The van der Waals surface area contributed by atoms with Gasteiger partial charge in [0.1, 0.15) is 0 Å². The van der Waals surface area contributed by atoms with Gasteiger partial charge < -0.3 is 9.64 Å². The lowest BCUT2D eigenvalue weighted by molar-refractivity contribution is -0.130. The molecule has 114 valence electrons. The number of amides is 1. The van der Waals surface area contributed by atoms with Crippen molar-refractivity contribution in [1.29, 1.82) is 0 Å². The first-order valence-corrected chi connectivity index (χ1v) is 8.65. The zero-order chi connectivity index (χ0) is 14.8. The van der Waals surface area contributed by atoms with Crippen LogP contribution in [0.25, 0.3) is 0 Å². The molecule has 2 saturated heterocycles. The first-order chi connectivity index (χ1) is 10.1. The van der Waals surface area contributed by atoms with Crippen molar-refractivity contribution in [2.75, 3.05) is 19.8 Å². The third-order valence-corrected chi connectivity index (χ3v) is 5.85. The smallest absolute Gasteiger partial charge is 0.236 e. The Morgan fingerprint density at radius 2 is 1.95 bits per heavy atom. The Bertz CT molecular complexity index is 526. The molecule has 1 aromatic carbocycles. The van der Waals surface area contributed by atoms with Gasteiger partial charge in [-0.05, 0) is 44.7 Å². The molecule has 0 saturated carbocycles. The number of ether oxygens (including phenoxy) is 1. The average Bonchev–Trinajstić information content (AvgIpc) is 2.85. The van der Waals surface area contributed by atoms with Crippen molar-refractivity contribution in [1.82, 2.24) is 4.90 Å². The Labute approximate surface area is 131 Å². The number of carbonyl (C=O) groups is 1. The van der Waals surface area contributed by atoms with Crippen LogP contribution in [0.3, 0.4) is 0 Å². The summed E-state index contributed by atoms with van der Waals surface area (Å²) in [4.78, 5) is 16.0. The van der Waals surface area contributed by atoms with E-state index in [4.69, 9.17) is 4.74 Å². The molecule has 1 unspecified atom stereocenters. The van der Waals surface area contributed by atoms with E-state index >= 15 is 0 Å². The molecule has 0 N–H and O–H groups in total. The molecule has 4 heteroatoms. The van der Waals surface area contributed by atoms with Gasteiger partial charge in [-0.25, -0.2) is 0 Å². The highest BCUT2D eigenvalue weighted by molar-refractivity contribution is 8.00. The van der Waals surface area contributed by atoms with E-state index in [0.29, 0.717) is 11.9 Å². The lowest BCUT2D eigenvalue weighted by Crippen LogP contribution is -2.41. The average molecular weight is 305 g/mol. The molecule has 0 aliphatic carbocycles. The van der Waals surface area contributed by atoms with Gasteiger partial charge >= 0.3 is 0 Å². The van der Waals surface area contributed by atoms with Crippen molar-refractivity contribution >= 4 is 17.7 Å². The van der Waals surface area contributed by atoms with Gasteiger partial charge in [-0.1, -0.05) is 17.7 Å². The van der Waals surface area contributed by atoms with E-state index in [-0.39, 0.29) is 5.25 Å². The van der Waals surface area contributed by atoms with E-state index < -0.39 is 0 Å². The number of aryl methyl sites for hydroxylation is 2. The van der Waals surface area contributed by atoms with Crippen molar-refractivity contribution in [2.45, 2.75) is 49.3 Å². The van der Waals surface area contributed by atoms with Crippen molar-refractivity contribution in [2.24, 2.45) is 0 Å². The van der Waals surface area contributed by atoms with Crippen LogP contribution < -0.4 is 0 Å². The molecule has 3 nitrogen and oxygen atoms in total. The second kappa shape index (κ2) is 6.41. The van der Waals surface area contributed by atoms with Crippen LogP contribution in [0.2, 0.25) is 0 Å². The van der Waals surface area contributed by atoms with E-state index in [1.165, 1.54) is 16.0 Å². The van der Waals surface area contributed by atoms with Crippen LogP contribution in [0.15, 0.2) is 23.1 Å². The van der Waals surface area contributed by atoms with Gasteiger partial charge in [0.15, 0.2) is 0 Å². The van der Waals surface area contributed by atoms with Gasteiger partial charge in [0.05, 0.1) is 5.25 Å². The Balaban J connectivity index is 1.67. The summed E-state index contributed by atoms with van der Waals surface area (Å²) in [6.45, 7) is 6.73. The summed E-state index contributed by atoms with van der Waals surface area (Å²) in [5.41, 5.74) is 2.53. The summed E-state index contributed by atoms with van der Waals surface area (Å²) in [6, 6.07) is 6.87. The monoisotopic (exact) mass is 305 g/mol. The van der Waals surface area contributed by atoms with Crippen LogP contribution in [0.1, 0.15) is 30.4 Å². The largest absolute Gasteiger partial charge is 0.381 e. The van der Waals surface area contributed by atoms with Crippen LogP contribution in [-0.4, -0.2) is 41.9 Å². The maximum absolute atomic E-state index is 12.7. The van der Waals surface area contributed by atoms with E-state index in [0.717, 1.165) is 39.0 Å². The zero-order valence-electron chi connectivity index (χ0n) is 12.8. The molecular weight excluding hydrogens is 282 g/mol. The van der Waals surface area contributed by atoms with Gasteiger partial charge in [-0.3, -0.25) is 4.79 Å². The van der Waals surface area contributed by atoms with Crippen molar-refractivity contribution < 1.29 is 9.53 Å².